The molecular formula is C12H14ClNO3. The number of fused-ring (bicyclic) bond motifs is 1. The number of nitrogens with one attached hydrogen (secondary N) is 1. The third-order valence-corrected chi connectivity index (χ3v) is 2.89. The third-order valence-electron chi connectivity index (χ3n) is 2.65. The van der Waals surface area contributed by atoms with Gasteiger partial charge in [0.25, 0.3) is 5.91 Å². The van der Waals surface area contributed by atoms with Crippen LogP contribution in [-0.4, -0.2) is 29.8 Å². The summed E-state index contributed by atoms with van der Waals surface area (Å²) in [4.78, 5) is 11.8. The second-order valence-corrected chi connectivity index (χ2v) is 4.59. The molecular weight excluding hydrogens is 242 g/mol. The number of halogens is 1. The molecule has 2 N–H and O–H groups in total. The minimum absolute atomic E-state index is 0.0861. The van der Waals surface area contributed by atoms with Crippen LogP contribution in [0, 0.1) is 0 Å². The number of carbonyl (C=O) groups is 1. The first-order chi connectivity index (χ1) is 8.10. The van der Waals surface area contributed by atoms with E-state index < -0.39 is 6.10 Å². The number of benzene rings is 1. The van der Waals surface area contributed by atoms with Crippen molar-refractivity contribution in [2.24, 2.45) is 0 Å². The van der Waals surface area contributed by atoms with Crippen molar-refractivity contribution in [2.45, 2.75) is 25.5 Å². The fraction of sp³-hybridized carbons (Fsp3) is 0.417. The van der Waals surface area contributed by atoms with Crippen molar-refractivity contribution in [3.05, 3.63) is 28.8 Å². The highest BCUT2D eigenvalue weighted by atomic mass is 35.5. The smallest absolute Gasteiger partial charge is 0.261 e. The zero-order valence-corrected chi connectivity index (χ0v) is 10.2. The molecule has 1 aromatic rings. The van der Waals surface area contributed by atoms with Gasteiger partial charge in [0, 0.05) is 17.5 Å². The molecule has 1 aromatic carbocycles. The zero-order chi connectivity index (χ0) is 12.4. The average Bonchev–Trinajstić information content (AvgIpc) is 2.71. The number of aliphatic hydroxyl groups excluding tert-OH is 1. The molecule has 2 atom stereocenters. The lowest BCUT2D eigenvalue weighted by Crippen LogP contribution is -2.43. The van der Waals surface area contributed by atoms with Gasteiger partial charge in [-0.1, -0.05) is 11.6 Å². The van der Waals surface area contributed by atoms with Gasteiger partial charge < -0.3 is 15.2 Å². The molecule has 1 heterocycles. The second-order valence-electron chi connectivity index (χ2n) is 4.15. The molecule has 1 unspecified atom stereocenters. The zero-order valence-electron chi connectivity index (χ0n) is 9.44. The molecule has 0 spiro atoms. The standard InChI is InChI=1S/C12H14ClNO3/c1-7(6-15)14-12(16)11-5-8-4-9(13)2-3-10(8)17-11/h2-4,7,11,15H,5-6H2,1H3,(H,14,16)/t7-,11?/m0/s1. The molecule has 2 rings (SSSR count). The van der Waals surface area contributed by atoms with Gasteiger partial charge >= 0.3 is 0 Å². The third kappa shape index (κ3) is 2.70. The van der Waals surface area contributed by atoms with Crippen LogP contribution in [0.2, 0.25) is 5.02 Å². The van der Waals surface area contributed by atoms with Crippen molar-refractivity contribution in [2.75, 3.05) is 6.61 Å². The van der Waals surface area contributed by atoms with Gasteiger partial charge in [0.1, 0.15) is 5.75 Å². The topological polar surface area (TPSA) is 58.6 Å². The van der Waals surface area contributed by atoms with Crippen molar-refractivity contribution >= 4 is 17.5 Å². The summed E-state index contributed by atoms with van der Waals surface area (Å²) in [5, 5.41) is 12.2. The Balaban J connectivity index is 2.02. The fourth-order valence-corrected chi connectivity index (χ4v) is 1.94. The number of aliphatic hydroxyl groups is 1. The SMILES string of the molecule is C[C@@H](CO)NC(=O)C1Cc2cc(Cl)ccc2O1. The van der Waals surface area contributed by atoms with Crippen LogP contribution in [0.4, 0.5) is 0 Å². The molecule has 0 aromatic heterocycles. The first kappa shape index (κ1) is 12.2. The largest absolute Gasteiger partial charge is 0.480 e. The van der Waals surface area contributed by atoms with E-state index in [-0.39, 0.29) is 18.6 Å². The van der Waals surface area contributed by atoms with E-state index in [1.54, 1.807) is 25.1 Å². The van der Waals surface area contributed by atoms with Gasteiger partial charge in [-0.3, -0.25) is 4.79 Å². The molecule has 0 fully saturated rings. The van der Waals surface area contributed by atoms with Gasteiger partial charge in [0.05, 0.1) is 6.61 Å². The molecule has 0 saturated heterocycles. The average molecular weight is 256 g/mol. The first-order valence-corrected chi connectivity index (χ1v) is 5.84. The predicted octanol–water partition coefficient (Wildman–Crippen LogP) is 1.14. The van der Waals surface area contributed by atoms with Crippen LogP contribution >= 0.6 is 11.6 Å². The highest BCUT2D eigenvalue weighted by Crippen LogP contribution is 2.31. The van der Waals surface area contributed by atoms with Gasteiger partial charge in [-0.05, 0) is 30.7 Å². The number of hydrogen-bond donors (Lipinski definition) is 2. The van der Waals surface area contributed by atoms with Gasteiger partial charge in [0.15, 0.2) is 6.10 Å². The fourth-order valence-electron chi connectivity index (χ4n) is 1.74. The molecule has 1 amide bonds. The molecule has 4 nitrogen and oxygen atoms in total. The Morgan fingerprint density at radius 1 is 1.71 bits per heavy atom. The predicted molar refractivity (Wildman–Crippen MR) is 64.3 cm³/mol. The summed E-state index contributed by atoms with van der Waals surface area (Å²) in [5.41, 5.74) is 0.939. The Morgan fingerprint density at radius 3 is 3.18 bits per heavy atom. The maximum atomic E-state index is 11.8. The molecule has 0 aliphatic carbocycles. The van der Waals surface area contributed by atoms with Crippen molar-refractivity contribution in [1.82, 2.24) is 5.32 Å². The molecule has 1 aliphatic rings. The van der Waals surface area contributed by atoms with Crippen LogP contribution in [0.5, 0.6) is 5.75 Å². The molecule has 17 heavy (non-hydrogen) atoms. The molecule has 0 bridgehead atoms. The molecule has 0 saturated carbocycles. The maximum absolute atomic E-state index is 11.8. The summed E-state index contributed by atoms with van der Waals surface area (Å²) >= 11 is 5.87. The molecule has 92 valence electrons. The summed E-state index contributed by atoms with van der Waals surface area (Å²) in [6.07, 6.45) is -0.0164. The normalized spacial score (nSPS) is 19.4. The molecule has 5 heteroatoms. The van der Waals surface area contributed by atoms with Gasteiger partial charge in [-0.2, -0.15) is 0 Å². The quantitative estimate of drug-likeness (QED) is 0.852. The van der Waals surface area contributed by atoms with Gasteiger partial charge in [0.2, 0.25) is 0 Å². The number of hydrogen-bond acceptors (Lipinski definition) is 3. The Kier molecular flexibility index (Phi) is 3.54. The summed E-state index contributed by atoms with van der Waals surface area (Å²) < 4.78 is 5.52. The number of rotatable bonds is 3. The van der Waals surface area contributed by atoms with E-state index in [1.807, 2.05) is 0 Å². The van der Waals surface area contributed by atoms with Crippen LogP contribution in [0.25, 0.3) is 0 Å². The van der Waals surface area contributed by atoms with E-state index in [0.29, 0.717) is 17.2 Å². The lowest BCUT2D eigenvalue weighted by Gasteiger charge is -2.14. The van der Waals surface area contributed by atoms with Crippen LogP contribution in [-0.2, 0) is 11.2 Å². The van der Waals surface area contributed by atoms with E-state index in [9.17, 15) is 4.79 Å². The second kappa shape index (κ2) is 4.94. The maximum Gasteiger partial charge on any atom is 0.261 e. The Labute approximate surface area is 105 Å². The highest BCUT2D eigenvalue weighted by molar-refractivity contribution is 6.30. The van der Waals surface area contributed by atoms with E-state index in [1.165, 1.54) is 0 Å². The van der Waals surface area contributed by atoms with E-state index in [0.717, 1.165) is 5.56 Å². The van der Waals surface area contributed by atoms with Crippen LogP contribution in [0.15, 0.2) is 18.2 Å². The highest BCUT2D eigenvalue weighted by Gasteiger charge is 2.29. The van der Waals surface area contributed by atoms with Crippen LogP contribution < -0.4 is 10.1 Å². The Morgan fingerprint density at radius 2 is 2.47 bits per heavy atom. The lowest BCUT2D eigenvalue weighted by atomic mass is 10.1. The number of carbonyl (C=O) groups excluding carboxylic acids is 1. The lowest BCUT2D eigenvalue weighted by molar-refractivity contribution is -0.128. The monoisotopic (exact) mass is 255 g/mol. The Hall–Kier alpha value is -1.26. The van der Waals surface area contributed by atoms with E-state index in [4.69, 9.17) is 21.4 Å². The van der Waals surface area contributed by atoms with E-state index >= 15 is 0 Å². The van der Waals surface area contributed by atoms with Crippen molar-refractivity contribution in [3.63, 3.8) is 0 Å². The summed E-state index contributed by atoms with van der Waals surface area (Å²) in [5.74, 6) is 0.491. The van der Waals surface area contributed by atoms with Crippen molar-refractivity contribution in [3.8, 4) is 5.75 Å². The molecule has 1 aliphatic heterocycles. The van der Waals surface area contributed by atoms with E-state index in [2.05, 4.69) is 5.32 Å². The minimum Gasteiger partial charge on any atom is -0.480 e. The summed E-state index contributed by atoms with van der Waals surface area (Å²) in [6, 6.07) is 5.04. The van der Waals surface area contributed by atoms with Crippen molar-refractivity contribution < 1.29 is 14.6 Å². The Bertz CT molecular complexity index is 436. The van der Waals surface area contributed by atoms with Crippen LogP contribution in [0.3, 0.4) is 0 Å². The van der Waals surface area contributed by atoms with Gasteiger partial charge in [-0.25, -0.2) is 0 Å². The first-order valence-electron chi connectivity index (χ1n) is 5.46. The number of ether oxygens (including phenoxy) is 1. The van der Waals surface area contributed by atoms with Crippen molar-refractivity contribution in [1.29, 1.82) is 0 Å². The summed E-state index contributed by atoms with van der Waals surface area (Å²) in [6.45, 7) is 1.65. The van der Waals surface area contributed by atoms with Gasteiger partial charge in [-0.15, -0.1) is 0 Å². The summed E-state index contributed by atoms with van der Waals surface area (Å²) in [7, 11) is 0. The van der Waals surface area contributed by atoms with Crippen LogP contribution in [0.1, 0.15) is 12.5 Å². The minimum atomic E-state index is -0.530. The number of amides is 1. The molecule has 0 radical (unpaired) electrons.